The molecule has 0 unspecified atom stereocenters. The second-order valence-electron chi connectivity index (χ2n) is 6.06. The third-order valence-electron chi connectivity index (χ3n) is 3.83. The summed E-state index contributed by atoms with van der Waals surface area (Å²) in [6, 6.07) is 5.54. The number of anilines is 1. The van der Waals surface area contributed by atoms with Crippen LogP contribution in [0.3, 0.4) is 0 Å². The highest BCUT2D eigenvalue weighted by Crippen LogP contribution is 2.35. The van der Waals surface area contributed by atoms with Crippen LogP contribution < -0.4 is 10.1 Å². The molecule has 29 heavy (non-hydrogen) atoms. The van der Waals surface area contributed by atoms with Crippen LogP contribution in [0.25, 0.3) is 0 Å². The summed E-state index contributed by atoms with van der Waals surface area (Å²) in [7, 11) is 0. The number of carbonyl (C=O) groups excluding carboxylic acids is 2. The molecule has 0 aliphatic rings. The Labute approximate surface area is 166 Å². The van der Waals surface area contributed by atoms with Crippen LogP contribution in [0.4, 0.5) is 18.9 Å². The molecule has 1 heterocycles. The Hall–Kier alpha value is -3.10. The second kappa shape index (κ2) is 9.40. The summed E-state index contributed by atoms with van der Waals surface area (Å²) in [4.78, 5) is 28.4. The zero-order valence-corrected chi connectivity index (χ0v) is 16.2. The van der Waals surface area contributed by atoms with Gasteiger partial charge in [0, 0.05) is 0 Å². The molecule has 0 saturated heterocycles. The van der Waals surface area contributed by atoms with Crippen LogP contribution in [0, 0.1) is 6.92 Å². The zero-order valence-electron chi connectivity index (χ0n) is 16.2. The number of pyridine rings is 1. The fourth-order valence-corrected chi connectivity index (χ4v) is 2.44. The van der Waals surface area contributed by atoms with Crippen molar-refractivity contribution < 1.29 is 32.2 Å². The van der Waals surface area contributed by atoms with Gasteiger partial charge in [-0.1, -0.05) is 6.92 Å². The predicted molar refractivity (Wildman–Crippen MR) is 100 cm³/mol. The van der Waals surface area contributed by atoms with Gasteiger partial charge in [0.2, 0.25) is 0 Å². The molecule has 0 fully saturated rings. The Balaban J connectivity index is 2.31. The van der Waals surface area contributed by atoms with Crippen LogP contribution in [0.5, 0.6) is 5.75 Å². The molecule has 6 nitrogen and oxygen atoms in total. The van der Waals surface area contributed by atoms with Crippen molar-refractivity contribution >= 4 is 17.6 Å². The minimum atomic E-state index is -4.57. The van der Waals surface area contributed by atoms with Gasteiger partial charge in [0.05, 0.1) is 35.7 Å². The standard InChI is InChI=1S/C20H21F3N2O4/c1-4-10-29-17-9-6-13(20(21,22)23)11-16(17)25-18(26)15-8-7-14(12(3)24-15)19(27)28-5-2/h6-9,11H,4-5,10H2,1-3H3,(H,25,26). The molecule has 0 spiro atoms. The Kier molecular flexibility index (Phi) is 7.19. The molecule has 1 amide bonds. The van der Waals surface area contributed by atoms with Gasteiger partial charge < -0.3 is 14.8 Å². The molecular weight excluding hydrogens is 389 g/mol. The van der Waals surface area contributed by atoms with E-state index in [1.165, 1.54) is 19.1 Å². The molecule has 2 rings (SSSR count). The van der Waals surface area contributed by atoms with E-state index >= 15 is 0 Å². The molecular formula is C20H21F3N2O4. The topological polar surface area (TPSA) is 77.5 Å². The van der Waals surface area contributed by atoms with Crippen LogP contribution >= 0.6 is 0 Å². The third kappa shape index (κ3) is 5.69. The third-order valence-corrected chi connectivity index (χ3v) is 3.83. The van der Waals surface area contributed by atoms with Crippen LogP contribution in [0.2, 0.25) is 0 Å². The van der Waals surface area contributed by atoms with Crippen molar-refractivity contribution in [1.29, 1.82) is 0 Å². The first-order valence-corrected chi connectivity index (χ1v) is 8.97. The van der Waals surface area contributed by atoms with E-state index in [-0.39, 0.29) is 41.6 Å². The molecule has 0 aliphatic carbocycles. The summed E-state index contributed by atoms with van der Waals surface area (Å²) in [5.41, 5.74) is -0.628. The van der Waals surface area contributed by atoms with Gasteiger partial charge in [0.15, 0.2) is 0 Å². The van der Waals surface area contributed by atoms with E-state index in [2.05, 4.69) is 10.3 Å². The fraction of sp³-hybridized carbons (Fsp3) is 0.350. The lowest BCUT2D eigenvalue weighted by Crippen LogP contribution is -2.17. The summed E-state index contributed by atoms with van der Waals surface area (Å²) in [5.74, 6) is -1.19. The molecule has 1 N–H and O–H groups in total. The van der Waals surface area contributed by atoms with Crippen molar-refractivity contribution in [3.05, 3.63) is 52.8 Å². The number of halogens is 3. The van der Waals surface area contributed by atoms with Gasteiger partial charge in [-0.15, -0.1) is 0 Å². The normalized spacial score (nSPS) is 11.1. The number of ether oxygens (including phenoxy) is 2. The summed E-state index contributed by atoms with van der Waals surface area (Å²) < 4.78 is 49.4. The maximum atomic E-state index is 13.0. The van der Waals surface area contributed by atoms with E-state index < -0.39 is 23.6 Å². The quantitative estimate of drug-likeness (QED) is 0.674. The van der Waals surface area contributed by atoms with Crippen LogP contribution in [-0.4, -0.2) is 30.1 Å². The van der Waals surface area contributed by atoms with Crippen LogP contribution in [-0.2, 0) is 10.9 Å². The first kappa shape index (κ1) is 22.2. The largest absolute Gasteiger partial charge is 0.491 e. The molecule has 1 aromatic heterocycles. The first-order chi connectivity index (χ1) is 13.7. The van der Waals surface area contributed by atoms with Crippen molar-refractivity contribution in [1.82, 2.24) is 4.98 Å². The van der Waals surface area contributed by atoms with Gasteiger partial charge in [-0.3, -0.25) is 4.79 Å². The van der Waals surface area contributed by atoms with E-state index in [9.17, 15) is 22.8 Å². The van der Waals surface area contributed by atoms with E-state index in [4.69, 9.17) is 9.47 Å². The van der Waals surface area contributed by atoms with Gasteiger partial charge in [0.25, 0.3) is 5.91 Å². The zero-order chi connectivity index (χ0) is 21.6. The Morgan fingerprint density at radius 2 is 1.86 bits per heavy atom. The van der Waals surface area contributed by atoms with Gasteiger partial charge in [0.1, 0.15) is 11.4 Å². The number of amides is 1. The fourth-order valence-electron chi connectivity index (χ4n) is 2.44. The monoisotopic (exact) mass is 410 g/mol. The molecule has 156 valence electrons. The minimum Gasteiger partial charge on any atom is -0.491 e. The van der Waals surface area contributed by atoms with Gasteiger partial charge in [-0.25, -0.2) is 9.78 Å². The highest BCUT2D eigenvalue weighted by molar-refractivity contribution is 6.04. The molecule has 0 bridgehead atoms. The lowest BCUT2D eigenvalue weighted by atomic mass is 10.1. The number of nitrogens with zero attached hydrogens (tertiary/aromatic N) is 1. The molecule has 2 aromatic rings. The Morgan fingerprint density at radius 1 is 1.14 bits per heavy atom. The number of aromatic nitrogens is 1. The Morgan fingerprint density at radius 3 is 2.45 bits per heavy atom. The van der Waals surface area contributed by atoms with Crippen molar-refractivity contribution in [3.8, 4) is 5.75 Å². The van der Waals surface area contributed by atoms with E-state index in [0.29, 0.717) is 6.42 Å². The molecule has 0 atom stereocenters. The number of nitrogens with one attached hydrogen (secondary N) is 1. The van der Waals surface area contributed by atoms with Crippen molar-refractivity contribution in [2.24, 2.45) is 0 Å². The molecule has 1 aromatic carbocycles. The van der Waals surface area contributed by atoms with Gasteiger partial charge in [-0.05, 0) is 50.6 Å². The maximum absolute atomic E-state index is 13.0. The Bertz CT molecular complexity index is 898. The summed E-state index contributed by atoms with van der Waals surface area (Å²) >= 11 is 0. The number of benzene rings is 1. The number of aryl methyl sites for hydroxylation is 1. The molecule has 0 aliphatic heterocycles. The van der Waals surface area contributed by atoms with E-state index in [1.54, 1.807) is 6.92 Å². The van der Waals surface area contributed by atoms with Crippen molar-refractivity contribution in [3.63, 3.8) is 0 Å². The average Bonchev–Trinajstić information content (AvgIpc) is 2.66. The van der Waals surface area contributed by atoms with Gasteiger partial charge in [-0.2, -0.15) is 13.2 Å². The van der Waals surface area contributed by atoms with Crippen molar-refractivity contribution in [2.45, 2.75) is 33.4 Å². The molecule has 9 heteroatoms. The number of esters is 1. The second-order valence-corrected chi connectivity index (χ2v) is 6.06. The van der Waals surface area contributed by atoms with E-state index in [0.717, 1.165) is 18.2 Å². The lowest BCUT2D eigenvalue weighted by Gasteiger charge is -2.15. The predicted octanol–water partition coefficient (Wildman–Crippen LogP) is 4.63. The summed E-state index contributed by atoms with van der Waals surface area (Å²) in [6.45, 7) is 5.51. The number of hydrogen-bond donors (Lipinski definition) is 1. The summed E-state index contributed by atoms with van der Waals surface area (Å²) in [6.07, 6.45) is -3.93. The maximum Gasteiger partial charge on any atom is 0.416 e. The first-order valence-electron chi connectivity index (χ1n) is 8.97. The minimum absolute atomic E-state index is 0.0607. The smallest absolute Gasteiger partial charge is 0.416 e. The number of alkyl halides is 3. The van der Waals surface area contributed by atoms with Crippen LogP contribution in [0.15, 0.2) is 30.3 Å². The average molecular weight is 410 g/mol. The lowest BCUT2D eigenvalue weighted by molar-refractivity contribution is -0.137. The van der Waals surface area contributed by atoms with Crippen molar-refractivity contribution in [2.75, 3.05) is 18.5 Å². The highest BCUT2D eigenvalue weighted by atomic mass is 19.4. The van der Waals surface area contributed by atoms with E-state index in [1.807, 2.05) is 6.92 Å². The molecule has 0 saturated carbocycles. The molecule has 0 radical (unpaired) electrons. The van der Waals surface area contributed by atoms with Gasteiger partial charge >= 0.3 is 12.1 Å². The number of hydrogen-bond acceptors (Lipinski definition) is 5. The summed E-state index contributed by atoms with van der Waals surface area (Å²) in [5, 5.41) is 2.41. The highest BCUT2D eigenvalue weighted by Gasteiger charge is 2.31. The number of carbonyl (C=O) groups is 2. The SMILES string of the molecule is CCCOc1ccc(C(F)(F)F)cc1NC(=O)c1ccc(C(=O)OCC)c(C)n1. The number of rotatable bonds is 7. The van der Waals surface area contributed by atoms with Crippen LogP contribution in [0.1, 0.15) is 52.4 Å².